The molecule has 0 aliphatic carbocycles. The van der Waals surface area contributed by atoms with Gasteiger partial charge in [-0.15, -0.1) is 0 Å². The number of aryl methyl sites for hydroxylation is 1. The maximum Gasteiger partial charge on any atom is 0.263 e. The molecule has 2 N–H and O–H groups in total. The Morgan fingerprint density at radius 3 is 2.83 bits per heavy atom. The molecule has 0 aliphatic heterocycles. The number of hydrogen-bond acceptors (Lipinski definition) is 7. The SMILES string of the molecule is CCCNc1nc(SCC)nc2c1cnn2CCNC(=O)c1cccn(C)c1=O. The Morgan fingerprint density at radius 1 is 1.24 bits per heavy atom. The second-order valence-electron chi connectivity index (χ2n) is 6.41. The number of pyridine rings is 1. The van der Waals surface area contributed by atoms with Crippen molar-refractivity contribution in [2.45, 2.75) is 32.0 Å². The van der Waals surface area contributed by atoms with E-state index in [1.165, 1.54) is 10.6 Å². The lowest BCUT2D eigenvalue weighted by atomic mass is 10.2. The topological polar surface area (TPSA) is 107 Å². The van der Waals surface area contributed by atoms with Crippen molar-refractivity contribution in [3.8, 4) is 0 Å². The van der Waals surface area contributed by atoms with Gasteiger partial charge in [-0.2, -0.15) is 5.10 Å². The smallest absolute Gasteiger partial charge is 0.263 e. The Kier molecular flexibility index (Phi) is 6.86. The van der Waals surface area contributed by atoms with Crippen LogP contribution in [0.25, 0.3) is 11.0 Å². The minimum absolute atomic E-state index is 0.121. The standard InChI is InChI=1S/C19H25N7O2S/c1-4-8-20-15-14-12-22-26(16(14)24-19(23-15)29-5-2)11-9-21-17(27)13-7-6-10-25(3)18(13)28/h6-7,10,12H,4-5,8-9,11H2,1-3H3,(H,21,27)(H,20,23,24). The molecule has 29 heavy (non-hydrogen) atoms. The van der Waals surface area contributed by atoms with Gasteiger partial charge >= 0.3 is 0 Å². The Bertz CT molecular complexity index is 1060. The van der Waals surface area contributed by atoms with Crippen molar-refractivity contribution in [3.05, 3.63) is 40.4 Å². The molecule has 3 heterocycles. The average Bonchev–Trinajstić information content (AvgIpc) is 3.11. The molecule has 0 spiro atoms. The highest BCUT2D eigenvalue weighted by Crippen LogP contribution is 2.24. The maximum absolute atomic E-state index is 12.3. The first-order valence-corrected chi connectivity index (χ1v) is 10.6. The number of nitrogens with one attached hydrogen (secondary N) is 2. The van der Waals surface area contributed by atoms with Crippen LogP contribution in [-0.4, -0.2) is 49.1 Å². The van der Waals surface area contributed by atoms with Crippen LogP contribution in [0.4, 0.5) is 5.82 Å². The first kappa shape index (κ1) is 20.8. The molecule has 0 bridgehead atoms. The second-order valence-corrected chi connectivity index (χ2v) is 7.64. The number of carbonyl (C=O) groups excluding carboxylic acids is 1. The quantitative estimate of drug-likeness (QED) is 0.406. The van der Waals surface area contributed by atoms with Crippen LogP contribution in [0.3, 0.4) is 0 Å². The molecule has 0 atom stereocenters. The van der Waals surface area contributed by atoms with Crippen LogP contribution in [0.1, 0.15) is 30.6 Å². The molecule has 3 aromatic heterocycles. The van der Waals surface area contributed by atoms with Crippen molar-refractivity contribution < 1.29 is 4.79 Å². The van der Waals surface area contributed by atoms with Crippen molar-refractivity contribution in [2.75, 3.05) is 24.2 Å². The number of anilines is 1. The van der Waals surface area contributed by atoms with Gasteiger partial charge in [0.15, 0.2) is 10.8 Å². The fourth-order valence-electron chi connectivity index (χ4n) is 2.81. The summed E-state index contributed by atoms with van der Waals surface area (Å²) in [4.78, 5) is 33.6. The molecule has 154 valence electrons. The minimum atomic E-state index is -0.398. The summed E-state index contributed by atoms with van der Waals surface area (Å²) in [6, 6.07) is 3.19. The van der Waals surface area contributed by atoms with E-state index < -0.39 is 5.91 Å². The largest absolute Gasteiger partial charge is 0.369 e. The Hall–Kier alpha value is -2.88. The van der Waals surface area contributed by atoms with E-state index in [1.807, 2.05) is 0 Å². The summed E-state index contributed by atoms with van der Waals surface area (Å²) in [5.41, 5.74) is 0.518. The van der Waals surface area contributed by atoms with Gasteiger partial charge in [0.05, 0.1) is 18.1 Å². The minimum Gasteiger partial charge on any atom is -0.369 e. The van der Waals surface area contributed by atoms with Crippen LogP contribution in [0.5, 0.6) is 0 Å². The normalized spacial score (nSPS) is 11.0. The Morgan fingerprint density at radius 2 is 2.07 bits per heavy atom. The third kappa shape index (κ3) is 4.76. The highest BCUT2D eigenvalue weighted by atomic mass is 32.2. The predicted octanol–water partition coefficient (Wildman–Crippen LogP) is 1.89. The van der Waals surface area contributed by atoms with Gasteiger partial charge in [-0.05, 0) is 24.3 Å². The summed E-state index contributed by atoms with van der Waals surface area (Å²) in [6.45, 7) is 5.72. The average molecular weight is 416 g/mol. The lowest BCUT2D eigenvalue weighted by molar-refractivity contribution is 0.0950. The van der Waals surface area contributed by atoms with Gasteiger partial charge in [-0.1, -0.05) is 25.6 Å². The van der Waals surface area contributed by atoms with Crippen LogP contribution in [0, 0.1) is 0 Å². The Labute approximate surface area is 172 Å². The molecule has 0 radical (unpaired) electrons. The second kappa shape index (κ2) is 9.55. The molecule has 0 saturated heterocycles. The van der Waals surface area contributed by atoms with Crippen molar-refractivity contribution in [3.63, 3.8) is 0 Å². The zero-order valence-corrected chi connectivity index (χ0v) is 17.6. The van der Waals surface area contributed by atoms with Gasteiger partial charge in [0, 0.05) is 26.3 Å². The molecule has 1 amide bonds. The maximum atomic E-state index is 12.3. The number of rotatable bonds is 9. The van der Waals surface area contributed by atoms with Crippen LogP contribution in [-0.2, 0) is 13.6 Å². The van der Waals surface area contributed by atoms with Crippen molar-refractivity contribution in [1.29, 1.82) is 0 Å². The summed E-state index contributed by atoms with van der Waals surface area (Å²) in [7, 11) is 1.62. The predicted molar refractivity (Wildman–Crippen MR) is 115 cm³/mol. The number of nitrogens with zero attached hydrogens (tertiary/aromatic N) is 5. The number of amides is 1. The molecule has 0 aliphatic rings. The Balaban J connectivity index is 1.76. The molecular formula is C19H25N7O2S. The highest BCUT2D eigenvalue weighted by Gasteiger charge is 2.14. The monoisotopic (exact) mass is 415 g/mol. The lowest BCUT2D eigenvalue weighted by Gasteiger charge is -2.09. The number of carbonyl (C=O) groups is 1. The first-order chi connectivity index (χ1) is 14.0. The number of thioether (sulfide) groups is 1. The van der Waals surface area contributed by atoms with Gasteiger partial charge in [0.1, 0.15) is 11.4 Å². The van der Waals surface area contributed by atoms with E-state index in [9.17, 15) is 9.59 Å². The van der Waals surface area contributed by atoms with Crippen LogP contribution in [0.2, 0.25) is 0 Å². The van der Waals surface area contributed by atoms with E-state index in [0.717, 1.165) is 35.6 Å². The van der Waals surface area contributed by atoms with E-state index in [1.54, 1.807) is 42.0 Å². The van der Waals surface area contributed by atoms with Crippen LogP contribution >= 0.6 is 11.8 Å². The summed E-state index contributed by atoms with van der Waals surface area (Å²) >= 11 is 1.57. The van der Waals surface area contributed by atoms with E-state index in [0.29, 0.717) is 18.2 Å². The van der Waals surface area contributed by atoms with Crippen molar-refractivity contribution >= 4 is 34.5 Å². The summed E-state index contributed by atoms with van der Waals surface area (Å²) in [5.74, 6) is 1.25. The van der Waals surface area contributed by atoms with Gasteiger partial charge < -0.3 is 15.2 Å². The molecule has 10 heteroatoms. The highest BCUT2D eigenvalue weighted by molar-refractivity contribution is 7.99. The summed E-state index contributed by atoms with van der Waals surface area (Å²) < 4.78 is 3.13. The zero-order valence-electron chi connectivity index (χ0n) is 16.8. The van der Waals surface area contributed by atoms with E-state index >= 15 is 0 Å². The molecular weight excluding hydrogens is 390 g/mol. The molecule has 0 aromatic carbocycles. The van der Waals surface area contributed by atoms with Crippen molar-refractivity contribution in [1.82, 2.24) is 29.6 Å². The molecule has 3 rings (SSSR count). The van der Waals surface area contributed by atoms with E-state index in [-0.39, 0.29) is 11.1 Å². The van der Waals surface area contributed by atoms with E-state index in [2.05, 4.69) is 39.5 Å². The fourth-order valence-corrected chi connectivity index (χ4v) is 3.38. The molecule has 3 aromatic rings. The number of aromatic nitrogens is 5. The molecule has 9 nitrogen and oxygen atoms in total. The molecule has 0 saturated carbocycles. The lowest BCUT2D eigenvalue weighted by Crippen LogP contribution is -2.33. The third-order valence-electron chi connectivity index (χ3n) is 4.27. The molecule has 0 fully saturated rings. The van der Waals surface area contributed by atoms with E-state index in [4.69, 9.17) is 0 Å². The first-order valence-electron chi connectivity index (χ1n) is 9.59. The molecule has 0 unspecified atom stereocenters. The fraction of sp³-hybridized carbons (Fsp3) is 0.421. The van der Waals surface area contributed by atoms with Crippen molar-refractivity contribution in [2.24, 2.45) is 7.05 Å². The van der Waals surface area contributed by atoms with Crippen LogP contribution in [0.15, 0.2) is 34.5 Å². The van der Waals surface area contributed by atoms with Crippen LogP contribution < -0.4 is 16.2 Å². The summed E-state index contributed by atoms with van der Waals surface area (Å²) in [6.07, 6.45) is 4.34. The number of fused-ring (bicyclic) bond motifs is 1. The van der Waals surface area contributed by atoms with Gasteiger partial charge in [-0.3, -0.25) is 9.59 Å². The third-order valence-corrected chi connectivity index (χ3v) is 5.00. The van der Waals surface area contributed by atoms with Gasteiger partial charge in [-0.25, -0.2) is 14.6 Å². The van der Waals surface area contributed by atoms with Gasteiger partial charge in [0.2, 0.25) is 0 Å². The van der Waals surface area contributed by atoms with Gasteiger partial charge in [0.25, 0.3) is 11.5 Å². The number of hydrogen-bond donors (Lipinski definition) is 2. The zero-order chi connectivity index (χ0) is 20.8. The summed E-state index contributed by atoms with van der Waals surface area (Å²) in [5, 5.41) is 12.1.